The zero-order valence-corrected chi connectivity index (χ0v) is 10.1. The van der Waals surface area contributed by atoms with Gasteiger partial charge in [0, 0.05) is 37.8 Å². The summed E-state index contributed by atoms with van der Waals surface area (Å²) < 4.78 is 10.7. The molecule has 0 unspecified atom stereocenters. The Labute approximate surface area is 106 Å². The van der Waals surface area contributed by atoms with Gasteiger partial charge in [-0.05, 0) is 18.6 Å². The van der Waals surface area contributed by atoms with Crippen LogP contribution in [0.5, 0.6) is 11.5 Å². The summed E-state index contributed by atoms with van der Waals surface area (Å²) in [6.07, 6.45) is 1.47. The first kappa shape index (κ1) is 11.2. The summed E-state index contributed by atoms with van der Waals surface area (Å²) in [7, 11) is 0. The number of anilines is 1. The van der Waals surface area contributed by atoms with Crippen LogP contribution in [-0.4, -0.2) is 32.3 Å². The fraction of sp³-hybridized carbons (Fsp3) is 0.462. The van der Waals surface area contributed by atoms with Gasteiger partial charge in [-0.25, -0.2) is 0 Å². The first-order chi connectivity index (χ1) is 8.83. The van der Waals surface area contributed by atoms with E-state index in [0.717, 1.165) is 36.7 Å². The minimum atomic E-state index is 0.153. The molecule has 2 heterocycles. The number of hydrogen-bond donors (Lipinski definition) is 1. The Bertz CT molecular complexity index is 450. The molecule has 1 saturated heterocycles. The Hall–Kier alpha value is -1.91. The van der Waals surface area contributed by atoms with Gasteiger partial charge >= 0.3 is 0 Å². The molecule has 3 rings (SSSR count). The standard InChI is InChI=1S/C13H16N2O3/c16-13-2-1-6-15(7-5-14-13)10-3-4-11-12(8-10)18-9-17-11/h3-4,8H,1-2,5-7,9H2,(H,14,16). The molecule has 0 atom stereocenters. The molecule has 2 aliphatic rings. The molecule has 5 nitrogen and oxygen atoms in total. The second-order valence-electron chi connectivity index (χ2n) is 4.48. The van der Waals surface area contributed by atoms with Gasteiger partial charge in [0.1, 0.15) is 0 Å². The molecule has 96 valence electrons. The first-order valence-corrected chi connectivity index (χ1v) is 6.24. The number of amides is 1. The normalized spacial score (nSPS) is 19.1. The van der Waals surface area contributed by atoms with E-state index in [9.17, 15) is 4.79 Å². The van der Waals surface area contributed by atoms with Crippen LogP contribution in [-0.2, 0) is 4.79 Å². The number of rotatable bonds is 1. The maximum Gasteiger partial charge on any atom is 0.231 e. The highest BCUT2D eigenvalue weighted by Gasteiger charge is 2.17. The van der Waals surface area contributed by atoms with Crippen molar-refractivity contribution in [1.82, 2.24) is 5.32 Å². The van der Waals surface area contributed by atoms with Crippen LogP contribution in [0.25, 0.3) is 0 Å². The maximum atomic E-state index is 11.3. The van der Waals surface area contributed by atoms with E-state index in [1.807, 2.05) is 18.2 Å². The second-order valence-corrected chi connectivity index (χ2v) is 4.48. The van der Waals surface area contributed by atoms with Gasteiger partial charge in [0.2, 0.25) is 12.7 Å². The van der Waals surface area contributed by atoms with E-state index in [0.29, 0.717) is 19.8 Å². The molecule has 0 aliphatic carbocycles. The number of carbonyl (C=O) groups is 1. The number of benzene rings is 1. The summed E-state index contributed by atoms with van der Waals surface area (Å²) in [5.41, 5.74) is 1.12. The third-order valence-corrected chi connectivity index (χ3v) is 3.26. The van der Waals surface area contributed by atoms with Crippen LogP contribution in [0.1, 0.15) is 12.8 Å². The van der Waals surface area contributed by atoms with Crippen LogP contribution in [0.2, 0.25) is 0 Å². The molecule has 0 radical (unpaired) electrons. The van der Waals surface area contributed by atoms with Crippen molar-refractivity contribution < 1.29 is 14.3 Å². The summed E-state index contributed by atoms with van der Waals surface area (Å²) in [5.74, 6) is 1.76. The molecule has 5 heteroatoms. The Kier molecular flexibility index (Phi) is 2.96. The summed E-state index contributed by atoms with van der Waals surface area (Å²) in [4.78, 5) is 13.5. The lowest BCUT2D eigenvalue weighted by Crippen LogP contribution is -2.38. The minimum Gasteiger partial charge on any atom is -0.454 e. The SMILES string of the molecule is O=C1CCCN(c2ccc3c(c2)OCO3)CCN1. The van der Waals surface area contributed by atoms with E-state index in [2.05, 4.69) is 10.2 Å². The third kappa shape index (κ3) is 2.20. The van der Waals surface area contributed by atoms with Gasteiger partial charge in [-0.3, -0.25) is 4.79 Å². The molecule has 0 aromatic heterocycles. The maximum absolute atomic E-state index is 11.3. The number of hydrogen-bond acceptors (Lipinski definition) is 4. The smallest absolute Gasteiger partial charge is 0.231 e. The predicted molar refractivity (Wildman–Crippen MR) is 67.0 cm³/mol. The van der Waals surface area contributed by atoms with Crippen LogP contribution < -0.4 is 19.7 Å². The van der Waals surface area contributed by atoms with Crippen molar-refractivity contribution in [3.63, 3.8) is 0 Å². The molecule has 0 saturated carbocycles. The monoisotopic (exact) mass is 248 g/mol. The van der Waals surface area contributed by atoms with Crippen molar-refractivity contribution in [2.45, 2.75) is 12.8 Å². The van der Waals surface area contributed by atoms with Crippen LogP contribution >= 0.6 is 0 Å². The Morgan fingerprint density at radius 3 is 3.00 bits per heavy atom. The van der Waals surface area contributed by atoms with Gasteiger partial charge in [0.25, 0.3) is 0 Å². The number of nitrogens with zero attached hydrogens (tertiary/aromatic N) is 1. The zero-order valence-electron chi connectivity index (χ0n) is 10.1. The fourth-order valence-corrected chi connectivity index (χ4v) is 2.30. The molecule has 1 fully saturated rings. The van der Waals surface area contributed by atoms with Crippen molar-refractivity contribution in [3.8, 4) is 11.5 Å². The van der Waals surface area contributed by atoms with Gasteiger partial charge < -0.3 is 19.7 Å². The van der Waals surface area contributed by atoms with Crippen molar-refractivity contribution >= 4 is 11.6 Å². The molecular weight excluding hydrogens is 232 g/mol. The molecular formula is C13H16N2O3. The molecule has 2 aliphatic heterocycles. The molecule has 1 N–H and O–H groups in total. The molecule has 0 bridgehead atoms. The zero-order chi connectivity index (χ0) is 12.4. The van der Waals surface area contributed by atoms with Gasteiger partial charge in [-0.2, -0.15) is 0 Å². The number of ether oxygens (including phenoxy) is 2. The van der Waals surface area contributed by atoms with E-state index in [4.69, 9.17) is 9.47 Å². The number of fused-ring (bicyclic) bond motifs is 1. The van der Waals surface area contributed by atoms with Gasteiger partial charge in [0.15, 0.2) is 11.5 Å². The van der Waals surface area contributed by atoms with E-state index in [-0.39, 0.29) is 5.91 Å². The summed E-state index contributed by atoms with van der Waals surface area (Å²) >= 11 is 0. The van der Waals surface area contributed by atoms with Crippen molar-refractivity contribution in [2.24, 2.45) is 0 Å². The topological polar surface area (TPSA) is 50.8 Å². The van der Waals surface area contributed by atoms with Crippen molar-refractivity contribution in [1.29, 1.82) is 0 Å². The molecule has 0 spiro atoms. The van der Waals surface area contributed by atoms with E-state index >= 15 is 0 Å². The van der Waals surface area contributed by atoms with Crippen molar-refractivity contribution in [2.75, 3.05) is 31.3 Å². The van der Waals surface area contributed by atoms with Crippen LogP contribution in [0.15, 0.2) is 18.2 Å². The second kappa shape index (κ2) is 4.76. The highest BCUT2D eigenvalue weighted by atomic mass is 16.7. The lowest BCUT2D eigenvalue weighted by Gasteiger charge is -2.27. The average Bonchev–Trinajstić information content (AvgIpc) is 2.80. The Morgan fingerprint density at radius 2 is 2.06 bits per heavy atom. The van der Waals surface area contributed by atoms with Crippen LogP contribution in [0.4, 0.5) is 5.69 Å². The van der Waals surface area contributed by atoms with Gasteiger partial charge in [-0.1, -0.05) is 0 Å². The van der Waals surface area contributed by atoms with Gasteiger partial charge in [-0.15, -0.1) is 0 Å². The average molecular weight is 248 g/mol. The van der Waals surface area contributed by atoms with Crippen LogP contribution in [0, 0.1) is 0 Å². The largest absolute Gasteiger partial charge is 0.454 e. The van der Waals surface area contributed by atoms with E-state index < -0.39 is 0 Å². The molecule has 1 aromatic rings. The lowest BCUT2D eigenvalue weighted by molar-refractivity contribution is -0.121. The summed E-state index contributed by atoms with van der Waals surface area (Å²) in [5, 5.41) is 2.90. The number of carbonyl (C=O) groups excluding carboxylic acids is 1. The van der Waals surface area contributed by atoms with Crippen LogP contribution in [0.3, 0.4) is 0 Å². The Balaban J connectivity index is 1.75. The highest BCUT2D eigenvalue weighted by molar-refractivity contribution is 5.76. The third-order valence-electron chi connectivity index (χ3n) is 3.26. The van der Waals surface area contributed by atoms with Crippen molar-refractivity contribution in [3.05, 3.63) is 18.2 Å². The summed E-state index contributed by atoms with van der Waals surface area (Å²) in [6, 6.07) is 5.98. The molecule has 18 heavy (non-hydrogen) atoms. The minimum absolute atomic E-state index is 0.153. The molecule has 1 aromatic carbocycles. The lowest BCUT2D eigenvalue weighted by atomic mass is 10.2. The quantitative estimate of drug-likeness (QED) is 0.809. The van der Waals surface area contributed by atoms with E-state index in [1.54, 1.807) is 0 Å². The summed E-state index contributed by atoms with van der Waals surface area (Å²) in [6.45, 7) is 2.71. The van der Waals surface area contributed by atoms with Gasteiger partial charge in [0.05, 0.1) is 0 Å². The molecule has 1 amide bonds. The fourth-order valence-electron chi connectivity index (χ4n) is 2.30. The first-order valence-electron chi connectivity index (χ1n) is 6.24. The van der Waals surface area contributed by atoms with E-state index in [1.165, 1.54) is 0 Å². The highest BCUT2D eigenvalue weighted by Crippen LogP contribution is 2.35. The predicted octanol–water partition coefficient (Wildman–Crippen LogP) is 1.13. The number of nitrogens with one attached hydrogen (secondary N) is 1. The Morgan fingerprint density at radius 1 is 1.17 bits per heavy atom.